The lowest BCUT2D eigenvalue weighted by Gasteiger charge is -2.30. The summed E-state index contributed by atoms with van der Waals surface area (Å²) in [4.78, 5) is 10.9. The van der Waals surface area contributed by atoms with Crippen LogP contribution in [0.3, 0.4) is 0 Å². The van der Waals surface area contributed by atoms with E-state index in [1.54, 1.807) is 0 Å². The van der Waals surface area contributed by atoms with Gasteiger partial charge in [0.05, 0.1) is 11.4 Å². The molecule has 0 saturated heterocycles. The van der Waals surface area contributed by atoms with Gasteiger partial charge in [-0.3, -0.25) is 4.79 Å². The molecule has 16 heavy (non-hydrogen) atoms. The highest BCUT2D eigenvalue weighted by atomic mass is 32.2. The molecule has 0 radical (unpaired) electrons. The Balaban J connectivity index is 2.91. The van der Waals surface area contributed by atoms with E-state index in [1.165, 1.54) is 13.8 Å². The summed E-state index contributed by atoms with van der Waals surface area (Å²) in [5.74, 6) is -1.32. The summed E-state index contributed by atoms with van der Waals surface area (Å²) in [6, 6.07) is 0. The molecule has 1 aliphatic rings. The first-order chi connectivity index (χ1) is 7.19. The number of rotatable bonds is 3. The number of carbonyl (C=O) groups is 1. The van der Waals surface area contributed by atoms with Gasteiger partial charge in [-0.05, 0) is 39.5 Å². The van der Waals surface area contributed by atoms with Gasteiger partial charge in [0.15, 0.2) is 14.6 Å². The summed E-state index contributed by atoms with van der Waals surface area (Å²) in [6.07, 6.45) is 1.11. The van der Waals surface area contributed by atoms with Crippen molar-refractivity contribution >= 4 is 15.8 Å². The van der Waals surface area contributed by atoms with Crippen LogP contribution in [0.4, 0.5) is 0 Å². The predicted molar refractivity (Wildman–Crippen MR) is 58.9 cm³/mol. The lowest BCUT2D eigenvalue weighted by atomic mass is 9.97. The largest absolute Gasteiger partial charge is 0.480 e. The van der Waals surface area contributed by atoms with Crippen LogP contribution in [-0.2, 0) is 14.6 Å². The van der Waals surface area contributed by atoms with E-state index in [0.29, 0.717) is 25.7 Å². The quantitative estimate of drug-likeness (QED) is 0.764. The normalized spacial score (nSPS) is 27.7. The number of sulfone groups is 1. The third-order valence-corrected chi connectivity index (χ3v) is 6.26. The van der Waals surface area contributed by atoms with Crippen LogP contribution in [0.15, 0.2) is 0 Å². The molecule has 0 spiro atoms. The van der Waals surface area contributed by atoms with Gasteiger partial charge in [-0.2, -0.15) is 0 Å². The highest BCUT2D eigenvalue weighted by molar-refractivity contribution is 7.94. The maximum atomic E-state index is 12.1. The first kappa shape index (κ1) is 13.4. The van der Waals surface area contributed by atoms with Crippen LogP contribution >= 0.6 is 0 Å². The number of aliphatic hydroxyl groups excluding tert-OH is 1. The van der Waals surface area contributed by atoms with Crippen molar-refractivity contribution in [3.8, 4) is 0 Å². The lowest BCUT2D eigenvalue weighted by molar-refractivity contribution is -0.139. The van der Waals surface area contributed by atoms with Gasteiger partial charge in [0, 0.05) is 0 Å². The summed E-state index contributed by atoms with van der Waals surface area (Å²) in [6.45, 7) is 2.44. The smallest absolute Gasteiger partial charge is 0.324 e. The second-order valence-corrected chi connectivity index (χ2v) is 7.57. The lowest BCUT2D eigenvalue weighted by Crippen LogP contribution is -2.47. The number of carboxylic acids is 1. The van der Waals surface area contributed by atoms with Crippen molar-refractivity contribution in [3.05, 3.63) is 0 Å². The van der Waals surface area contributed by atoms with Crippen LogP contribution in [0.25, 0.3) is 0 Å². The highest BCUT2D eigenvalue weighted by Gasteiger charge is 2.47. The molecule has 0 aromatic heterocycles. The van der Waals surface area contributed by atoms with Gasteiger partial charge < -0.3 is 10.2 Å². The average Bonchev–Trinajstić information content (AvgIpc) is 2.17. The van der Waals surface area contributed by atoms with Crippen LogP contribution in [-0.4, -0.2) is 40.7 Å². The van der Waals surface area contributed by atoms with Crippen molar-refractivity contribution < 1.29 is 23.4 Å². The minimum Gasteiger partial charge on any atom is -0.480 e. The van der Waals surface area contributed by atoms with Crippen LogP contribution in [0, 0.1) is 0 Å². The molecule has 0 heterocycles. The standard InChI is InChI=1S/C10H18O5S/c1-10(2,9(12)13)16(14,15)8-5-3-7(11)4-6-8/h7-8,11H,3-6H2,1-2H3,(H,12,13). The second-order valence-electron chi connectivity index (χ2n) is 4.79. The molecule has 0 amide bonds. The Bertz CT molecular complexity index is 363. The van der Waals surface area contributed by atoms with Gasteiger partial charge in [0.2, 0.25) is 0 Å². The predicted octanol–water partition coefficient (Wildman–Crippen LogP) is 0.568. The Morgan fingerprint density at radius 2 is 1.62 bits per heavy atom. The Hall–Kier alpha value is -0.620. The van der Waals surface area contributed by atoms with Gasteiger partial charge in [-0.15, -0.1) is 0 Å². The summed E-state index contributed by atoms with van der Waals surface area (Å²) in [7, 11) is -3.69. The monoisotopic (exact) mass is 250 g/mol. The summed E-state index contributed by atoms with van der Waals surface area (Å²) in [5, 5.41) is 17.6. The zero-order valence-electron chi connectivity index (χ0n) is 9.51. The van der Waals surface area contributed by atoms with Gasteiger partial charge in [-0.1, -0.05) is 0 Å². The van der Waals surface area contributed by atoms with Crippen LogP contribution < -0.4 is 0 Å². The third kappa shape index (κ3) is 2.22. The summed E-state index contributed by atoms with van der Waals surface area (Å²) >= 11 is 0. The maximum absolute atomic E-state index is 12.1. The Kier molecular flexibility index (Phi) is 3.64. The molecule has 1 rings (SSSR count). The molecule has 0 atom stereocenters. The van der Waals surface area contributed by atoms with Gasteiger partial charge in [0.1, 0.15) is 0 Å². The van der Waals surface area contributed by atoms with Crippen molar-refractivity contribution in [2.75, 3.05) is 0 Å². The van der Waals surface area contributed by atoms with E-state index in [0.717, 1.165) is 0 Å². The summed E-state index contributed by atoms with van der Waals surface area (Å²) < 4.78 is 22.4. The van der Waals surface area contributed by atoms with Crippen LogP contribution in [0.2, 0.25) is 0 Å². The fraction of sp³-hybridized carbons (Fsp3) is 0.900. The van der Waals surface area contributed by atoms with E-state index < -0.39 is 31.9 Å². The molecule has 1 saturated carbocycles. The van der Waals surface area contributed by atoms with Crippen molar-refractivity contribution in [1.82, 2.24) is 0 Å². The maximum Gasteiger partial charge on any atom is 0.324 e. The third-order valence-electron chi connectivity index (χ3n) is 3.31. The molecule has 0 aromatic carbocycles. The topological polar surface area (TPSA) is 91.7 Å². The minimum absolute atomic E-state index is 0.347. The van der Waals surface area contributed by atoms with Crippen molar-refractivity contribution in [2.45, 2.75) is 55.6 Å². The molecular formula is C10H18O5S. The Labute approximate surface area is 95.4 Å². The van der Waals surface area contributed by atoms with E-state index in [1.807, 2.05) is 0 Å². The van der Waals surface area contributed by atoms with Gasteiger partial charge in [0.25, 0.3) is 0 Å². The Morgan fingerprint density at radius 1 is 1.19 bits per heavy atom. The van der Waals surface area contributed by atoms with E-state index >= 15 is 0 Å². The zero-order chi connectivity index (χ0) is 12.6. The van der Waals surface area contributed by atoms with Crippen LogP contribution in [0.1, 0.15) is 39.5 Å². The molecule has 1 fully saturated rings. The molecule has 1 aliphatic carbocycles. The number of carboxylic acid groups (broad SMARTS) is 1. The average molecular weight is 250 g/mol. The summed E-state index contributed by atoms with van der Waals surface area (Å²) in [5.41, 5.74) is 0. The molecule has 0 unspecified atom stereocenters. The first-order valence-corrected chi connectivity index (χ1v) is 6.89. The highest BCUT2D eigenvalue weighted by Crippen LogP contribution is 2.31. The Morgan fingerprint density at radius 3 is 2.00 bits per heavy atom. The van der Waals surface area contributed by atoms with E-state index in [9.17, 15) is 18.3 Å². The molecule has 94 valence electrons. The fourth-order valence-electron chi connectivity index (χ4n) is 1.89. The molecule has 2 N–H and O–H groups in total. The molecular weight excluding hydrogens is 232 g/mol. The second kappa shape index (κ2) is 4.33. The van der Waals surface area contributed by atoms with Crippen molar-refractivity contribution in [2.24, 2.45) is 0 Å². The van der Waals surface area contributed by atoms with Crippen molar-refractivity contribution in [3.63, 3.8) is 0 Å². The van der Waals surface area contributed by atoms with E-state index in [4.69, 9.17) is 5.11 Å². The van der Waals surface area contributed by atoms with Gasteiger partial charge >= 0.3 is 5.97 Å². The molecule has 0 bridgehead atoms. The SMILES string of the molecule is CC(C)(C(=O)O)S(=O)(=O)C1CCC(O)CC1. The molecule has 5 nitrogen and oxygen atoms in total. The first-order valence-electron chi connectivity index (χ1n) is 5.34. The van der Waals surface area contributed by atoms with Crippen LogP contribution in [0.5, 0.6) is 0 Å². The molecule has 0 aromatic rings. The number of aliphatic carboxylic acids is 1. The number of aliphatic hydroxyl groups is 1. The van der Waals surface area contributed by atoms with E-state index in [-0.39, 0.29) is 0 Å². The van der Waals surface area contributed by atoms with Gasteiger partial charge in [-0.25, -0.2) is 8.42 Å². The minimum atomic E-state index is -3.69. The zero-order valence-corrected chi connectivity index (χ0v) is 10.3. The van der Waals surface area contributed by atoms with E-state index in [2.05, 4.69) is 0 Å². The molecule has 0 aliphatic heterocycles. The number of hydrogen-bond donors (Lipinski definition) is 2. The molecule has 6 heteroatoms. The number of hydrogen-bond acceptors (Lipinski definition) is 4. The fourth-order valence-corrected chi connectivity index (χ4v) is 3.86. The van der Waals surface area contributed by atoms with Crippen molar-refractivity contribution in [1.29, 1.82) is 0 Å².